The molecule has 2 atom stereocenters. The first kappa shape index (κ1) is 15.3. The summed E-state index contributed by atoms with van der Waals surface area (Å²) in [6.45, 7) is 4.64. The number of imidazole rings is 1. The van der Waals surface area contributed by atoms with Crippen LogP contribution in [0, 0.1) is 5.92 Å². The molecule has 23 heavy (non-hydrogen) atoms. The van der Waals surface area contributed by atoms with E-state index in [1.807, 2.05) is 32.1 Å². The van der Waals surface area contributed by atoms with Crippen LogP contribution in [0.2, 0.25) is 0 Å². The molecule has 0 saturated carbocycles. The third kappa shape index (κ3) is 3.41. The number of carbonyl (C=O) groups is 1. The van der Waals surface area contributed by atoms with E-state index in [1.54, 1.807) is 24.9 Å². The minimum absolute atomic E-state index is 0.129. The fourth-order valence-electron chi connectivity index (χ4n) is 2.48. The molecular formula is C17H19N3O3. The molecule has 2 aromatic rings. The highest BCUT2D eigenvalue weighted by Gasteiger charge is 2.22. The smallest absolute Gasteiger partial charge is 0.419 e. The van der Waals surface area contributed by atoms with Crippen LogP contribution in [0.15, 0.2) is 49.4 Å². The molecule has 0 spiro atoms. The standard InChI is InChI=1S/C17H19N3O3/c1-12(2)16(23-17(21)20-7-6-18-11-20)13-3-4-15(19-9-13)14-5-8-22-10-14/h3-9,11-12,14,16H,10H2,1-2H3. The highest BCUT2D eigenvalue weighted by molar-refractivity contribution is 5.70. The minimum Gasteiger partial charge on any atom is -0.500 e. The number of aromatic nitrogens is 3. The van der Waals surface area contributed by atoms with E-state index in [0.29, 0.717) is 6.61 Å². The first-order valence-electron chi connectivity index (χ1n) is 7.58. The molecule has 2 aromatic heterocycles. The van der Waals surface area contributed by atoms with Crippen LogP contribution < -0.4 is 0 Å². The number of rotatable bonds is 4. The van der Waals surface area contributed by atoms with Crippen molar-refractivity contribution in [2.24, 2.45) is 5.92 Å². The van der Waals surface area contributed by atoms with Gasteiger partial charge >= 0.3 is 6.09 Å². The number of nitrogens with zero attached hydrogens (tertiary/aromatic N) is 3. The van der Waals surface area contributed by atoms with E-state index in [9.17, 15) is 4.79 Å². The summed E-state index contributed by atoms with van der Waals surface area (Å²) in [4.78, 5) is 20.5. The van der Waals surface area contributed by atoms with Crippen LogP contribution in [0.25, 0.3) is 0 Å². The van der Waals surface area contributed by atoms with Gasteiger partial charge in [-0.15, -0.1) is 0 Å². The molecule has 0 saturated heterocycles. The maximum absolute atomic E-state index is 12.1. The van der Waals surface area contributed by atoms with Crippen molar-refractivity contribution >= 4 is 6.09 Å². The van der Waals surface area contributed by atoms with Gasteiger partial charge in [0, 0.05) is 24.2 Å². The van der Waals surface area contributed by atoms with Gasteiger partial charge in [0.05, 0.1) is 24.5 Å². The molecule has 6 heteroatoms. The second-order valence-corrected chi connectivity index (χ2v) is 5.80. The summed E-state index contributed by atoms with van der Waals surface area (Å²) < 4.78 is 12.2. The van der Waals surface area contributed by atoms with Gasteiger partial charge in [-0.2, -0.15) is 0 Å². The normalized spacial score (nSPS) is 18.0. The molecule has 0 N–H and O–H groups in total. The van der Waals surface area contributed by atoms with Crippen LogP contribution in [-0.2, 0) is 9.47 Å². The molecule has 1 aliphatic heterocycles. The number of ether oxygens (including phenoxy) is 2. The molecule has 6 nitrogen and oxygen atoms in total. The Labute approximate surface area is 134 Å². The van der Waals surface area contributed by atoms with E-state index in [2.05, 4.69) is 9.97 Å². The van der Waals surface area contributed by atoms with Gasteiger partial charge in [0.2, 0.25) is 0 Å². The van der Waals surface area contributed by atoms with Gasteiger partial charge in [-0.25, -0.2) is 14.3 Å². The Balaban J connectivity index is 1.75. The SMILES string of the molecule is CC(C)C(OC(=O)n1ccnc1)c1ccc(C2C=COC2)nc1. The van der Waals surface area contributed by atoms with Gasteiger partial charge in [-0.3, -0.25) is 4.98 Å². The fraction of sp³-hybridized carbons (Fsp3) is 0.353. The van der Waals surface area contributed by atoms with Crippen molar-refractivity contribution in [3.63, 3.8) is 0 Å². The molecule has 120 valence electrons. The summed E-state index contributed by atoms with van der Waals surface area (Å²) in [5.74, 6) is 0.319. The van der Waals surface area contributed by atoms with E-state index in [0.717, 1.165) is 11.3 Å². The Morgan fingerprint density at radius 1 is 1.43 bits per heavy atom. The molecule has 3 heterocycles. The van der Waals surface area contributed by atoms with Gasteiger partial charge in [0.1, 0.15) is 12.4 Å². The molecule has 0 fully saturated rings. The fourth-order valence-corrected chi connectivity index (χ4v) is 2.48. The summed E-state index contributed by atoms with van der Waals surface area (Å²) in [5.41, 5.74) is 1.83. The molecule has 0 amide bonds. The van der Waals surface area contributed by atoms with Crippen LogP contribution in [0.4, 0.5) is 4.79 Å². The lowest BCUT2D eigenvalue weighted by molar-refractivity contribution is 0.0715. The van der Waals surface area contributed by atoms with E-state index in [1.165, 1.54) is 10.9 Å². The van der Waals surface area contributed by atoms with E-state index >= 15 is 0 Å². The Morgan fingerprint density at radius 3 is 2.87 bits per heavy atom. The van der Waals surface area contributed by atoms with Crippen LogP contribution in [0.3, 0.4) is 0 Å². The van der Waals surface area contributed by atoms with Crippen molar-refractivity contribution in [1.29, 1.82) is 0 Å². The van der Waals surface area contributed by atoms with Crippen molar-refractivity contribution in [1.82, 2.24) is 14.5 Å². The predicted octanol–water partition coefficient (Wildman–Crippen LogP) is 3.29. The highest BCUT2D eigenvalue weighted by atomic mass is 16.6. The first-order valence-corrected chi connectivity index (χ1v) is 7.58. The third-order valence-electron chi connectivity index (χ3n) is 3.75. The predicted molar refractivity (Wildman–Crippen MR) is 83.8 cm³/mol. The first-order chi connectivity index (χ1) is 11.1. The van der Waals surface area contributed by atoms with Crippen LogP contribution in [0.1, 0.15) is 37.1 Å². The lowest BCUT2D eigenvalue weighted by Crippen LogP contribution is -2.20. The summed E-state index contributed by atoms with van der Waals surface area (Å²) in [6.07, 6.45) is 9.18. The molecule has 2 unspecified atom stereocenters. The number of hydrogen-bond donors (Lipinski definition) is 0. The van der Waals surface area contributed by atoms with E-state index in [4.69, 9.17) is 9.47 Å². The topological polar surface area (TPSA) is 66.2 Å². The average Bonchev–Trinajstić information content (AvgIpc) is 3.25. The zero-order valence-corrected chi connectivity index (χ0v) is 13.1. The summed E-state index contributed by atoms with van der Waals surface area (Å²) >= 11 is 0. The Kier molecular flexibility index (Phi) is 4.41. The molecule has 0 aromatic carbocycles. The summed E-state index contributed by atoms with van der Waals surface area (Å²) in [5, 5.41) is 0. The highest BCUT2D eigenvalue weighted by Crippen LogP contribution is 2.28. The van der Waals surface area contributed by atoms with Crippen LogP contribution >= 0.6 is 0 Å². The Hall–Kier alpha value is -2.63. The second kappa shape index (κ2) is 6.64. The van der Waals surface area contributed by atoms with Crippen LogP contribution in [-0.4, -0.2) is 27.2 Å². The zero-order chi connectivity index (χ0) is 16.2. The number of pyridine rings is 1. The monoisotopic (exact) mass is 313 g/mol. The zero-order valence-electron chi connectivity index (χ0n) is 13.1. The van der Waals surface area contributed by atoms with Gasteiger partial charge in [0.15, 0.2) is 0 Å². The van der Waals surface area contributed by atoms with Gasteiger partial charge in [-0.1, -0.05) is 19.9 Å². The van der Waals surface area contributed by atoms with Crippen molar-refractivity contribution < 1.29 is 14.3 Å². The van der Waals surface area contributed by atoms with Crippen LogP contribution in [0.5, 0.6) is 0 Å². The lowest BCUT2D eigenvalue weighted by atomic mass is 9.99. The molecule has 0 radical (unpaired) electrons. The third-order valence-corrected chi connectivity index (χ3v) is 3.75. The molecule has 0 bridgehead atoms. The maximum Gasteiger partial charge on any atom is 0.419 e. The van der Waals surface area contributed by atoms with Gasteiger partial charge in [-0.05, 0) is 18.1 Å². The maximum atomic E-state index is 12.1. The average molecular weight is 313 g/mol. The number of hydrogen-bond acceptors (Lipinski definition) is 5. The molecule has 3 rings (SSSR count). The Morgan fingerprint density at radius 2 is 2.30 bits per heavy atom. The second-order valence-electron chi connectivity index (χ2n) is 5.80. The summed E-state index contributed by atoms with van der Waals surface area (Å²) in [7, 11) is 0. The lowest BCUT2D eigenvalue weighted by Gasteiger charge is -2.22. The minimum atomic E-state index is -0.447. The largest absolute Gasteiger partial charge is 0.500 e. The van der Waals surface area contributed by atoms with Crippen molar-refractivity contribution in [2.45, 2.75) is 25.9 Å². The molecule has 1 aliphatic rings. The van der Waals surface area contributed by atoms with Crippen molar-refractivity contribution in [3.8, 4) is 0 Å². The quantitative estimate of drug-likeness (QED) is 0.866. The molecule has 0 aliphatic carbocycles. The van der Waals surface area contributed by atoms with Gasteiger partial charge in [0.25, 0.3) is 0 Å². The van der Waals surface area contributed by atoms with Crippen molar-refractivity contribution in [3.05, 3.63) is 60.6 Å². The van der Waals surface area contributed by atoms with E-state index in [-0.39, 0.29) is 17.9 Å². The number of carbonyl (C=O) groups excluding carboxylic acids is 1. The molecular weight excluding hydrogens is 294 g/mol. The van der Waals surface area contributed by atoms with E-state index < -0.39 is 6.09 Å². The Bertz CT molecular complexity index is 678. The van der Waals surface area contributed by atoms with Gasteiger partial charge < -0.3 is 9.47 Å². The van der Waals surface area contributed by atoms with Crippen molar-refractivity contribution in [2.75, 3.05) is 6.61 Å². The summed E-state index contributed by atoms with van der Waals surface area (Å²) in [6, 6.07) is 3.92.